The van der Waals surface area contributed by atoms with E-state index in [0.29, 0.717) is 0 Å². The highest BCUT2D eigenvalue weighted by molar-refractivity contribution is 7.99. The van der Waals surface area contributed by atoms with Crippen molar-refractivity contribution in [1.82, 2.24) is 15.1 Å². The Bertz CT molecular complexity index is 385. The fourth-order valence-corrected chi connectivity index (χ4v) is 3.00. The van der Waals surface area contributed by atoms with Gasteiger partial charge in [-0.2, -0.15) is 16.9 Å². The molecule has 0 bridgehead atoms. The van der Waals surface area contributed by atoms with Crippen LogP contribution in [0, 0.1) is 19.8 Å². The Labute approximate surface area is 128 Å². The molecule has 0 atom stereocenters. The molecular formula is C16H31N3S. The Morgan fingerprint density at radius 3 is 2.70 bits per heavy atom. The van der Waals surface area contributed by atoms with Gasteiger partial charge in [0.2, 0.25) is 0 Å². The molecular weight excluding hydrogens is 266 g/mol. The average molecular weight is 298 g/mol. The van der Waals surface area contributed by atoms with E-state index in [9.17, 15) is 0 Å². The van der Waals surface area contributed by atoms with Gasteiger partial charge in [0.1, 0.15) is 0 Å². The molecule has 0 saturated heterocycles. The topological polar surface area (TPSA) is 29.9 Å². The third kappa shape index (κ3) is 5.88. The van der Waals surface area contributed by atoms with Crippen LogP contribution in [0.1, 0.15) is 44.1 Å². The molecule has 0 unspecified atom stereocenters. The van der Waals surface area contributed by atoms with E-state index in [1.807, 2.05) is 11.8 Å². The molecule has 0 fully saturated rings. The van der Waals surface area contributed by atoms with Crippen molar-refractivity contribution in [3.8, 4) is 0 Å². The Balaban J connectivity index is 2.44. The molecule has 0 amide bonds. The van der Waals surface area contributed by atoms with Crippen molar-refractivity contribution in [1.29, 1.82) is 0 Å². The van der Waals surface area contributed by atoms with Crippen LogP contribution in [0.25, 0.3) is 0 Å². The predicted molar refractivity (Wildman–Crippen MR) is 90.7 cm³/mol. The minimum absolute atomic E-state index is 0.719. The zero-order chi connectivity index (χ0) is 15.0. The van der Waals surface area contributed by atoms with Gasteiger partial charge in [0.05, 0.1) is 5.69 Å². The summed E-state index contributed by atoms with van der Waals surface area (Å²) >= 11 is 2.01. The molecule has 0 aliphatic carbocycles. The Morgan fingerprint density at radius 2 is 2.05 bits per heavy atom. The number of aryl methyl sites for hydroxylation is 2. The highest BCUT2D eigenvalue weighted by Gasteiger charge is 2.10. The molecule has 4 heteroatoms. The first kappa shape index (κ1) is 17.6. The summed E-state index contributed by atoms with van der Waals surface area (Å²) in [6.45, 7) is 14.3. The summed E-state index contributed by atoms with van der Waals surface area (Å²) in [5, 5.41) is 8.22. The van der Waals surface area contributed by atoms with Crippen LogP contribution >= 0.6 is 11.8 Å². The molecule has 116 valence electrons. The largest absolute Gasteiger partial charge is 0.316 e. The highest BCUT2D eigenvalue weighted by atomic mass is 32.2. The van der Waals surface area contributed by atoms with E-state index in [1.165, 1.54) is 34.9 Å². The van der Waals surface area contributed by atoms with E-state index < -0.39 is 0 Å². The predicted octanol–water partition coefficient (Wildman–Crippen LogP) is 3.43. The molecule has 3 nitrogen and oxygen atoms in total. The summed E-state index contributed by atoms with van der Waals surface area (Å²) < 4.78 is 2.20. The summed E-state index contributed by atoms with van der Waals surface area (Å²) in [6.07, 6.45) is 2.31. The van der Waals surface area contributed by atoms with E-state index in [2.05, 4.69) is 44.6 Å². The van der Waals surface area contributed by atoms with Gasteiger partial charge in [0.25, 0.3) is 0 Å². The van der Waals surface area contributed by atoms with Crippen molar-refractivity contribution < 1.29 is 0 Å². The van der Waals surface area contributed by atoms with Crippen molar-refractivity contribution in [3.63, 3.8) is 0 Å². The molecule has 0 radical (unpaired) electrons. The van der Waals surface area contributed by atoms with Crippen LogP contribution in [-0.2, 0) is 13.0 Å². The second kappa shape index (κ2) is 9.46. The Kier molecular flexibility index (Phi) is 8.31. The van der Waals surface area contributed by atoms with Crippen molar-refractivity contribution in [2.24, 2.45) is 5.92 Å². The summed E-state index contributed by atoms with van der Waals surface area (Å²) in [6, 6.07) is 0. The van der Waals surface area contributed by atoms with Crippen molar-refractivity contribution >= 4 is 11.8 Å². The highest BCUT2D eigenvalue weighted by Crippen LogP contribution is 2.14. The van der Waals surface area contributed by atoms with Gasteiger partial charge in [-0.15, -0.1) is 0 Å². The van der Waals surface area contributed by atoms with Gasteiger partial charge in [-0.25, -0.2) is 0 Å². The van der Waals surface area contributed by atoms with Crippen molar-refractivity contribution in [2.75, 3.05) is 24.6 Å². The number of rotatable bonds is 10. The summed E-state index contributed by atoms with van der Waals surface area (Å²) in [7, 11) is 0. The number of hydrogen-bond donors (Lipinski definition) is 1. The molecule has 1 rings (SSSR count). The van der Waals surface area contributed by atoms with Gasteiger partial charge in [-0.3, -0.25) is 4.68 Å². The van der Waals surface area contributed by atoms with Crippen LogP contribution in [0.5, 0.6) is 0 Å². The molecule has 1 heterocycles. The number of hydrogen-bond acceptors (Lipinski definition) is 3. The standard InChI is InChI=1S/C16H31N3S/c1-6-20-11-7-10-19-15(5)16(14(4)18-19)8-9-17-12-13(2)3/h13,17H,6-12H2,1-5H3. The molecule has 0 aliphatic rings. The zero-order valence-electron chi connectivity index (χ0n) is 13.8. The van der Waals surface area contributed by atoms with E-state index in [-0.39, 0.29) is 0 Å². The molecule has 0 spiro atoms. The second-order valence-electron chi connectivity index (χ2n) is 5.77. The third-order valence-corrected chi connectivity index (χ3v) is 4.48. The molecule has 1 aromatic heterocycles. The molecule has 0 aliphatic heterocycles. The van der Waals surface area contributed by atoms with Crippen LogP contribution in [0.4, 0.5) is 0 Å². The van der Waals surface area contributed by atoms with E-state index in [0.717, 1.165) is 32.0 Å². The quantitative estimate of drug-likeness (QED) is 0.671. The minimum atomic E-state index is 0.719. The minimum Gasteiger partial charge on any atom is -0.316 e. The number of thioether (sulfide) groups is 1. The SMILES string of the molecule is CCSCCCn1nc(C)c(CCNCC(C)C)c1C. The normalized spacial score (nSPS) is 11.5. The van der Waals surface area contributed by atoms with Gasteiger partial charge >= 0.3 is 0 Å². The Morgan fingerprint density at radius 1 is 1.30 bits per heavy atom. The lowest BCUT2D eigenvalue weighted by molar-refractivity contribution is 0.553. The monoisotopic (exact) mass is 297 g/mol. The van der Waals surface area contributed by atoms with Crippen molar-refractivity contribution in [2.45, 2.75) is 54.0 Å². The van der Waals surface area contributed by atoms with Crippen LogP contribution in [0.15, 0.2) is 0 Å². The fourth-order valence-electron chi connectivity index (χ4n) is 2.38. The van der Waals surface area contributed by atoms with Crippen LogP contribution in [-0.4, -0.2) is 34.4 Å². The zero-order valence-corrected chi connectivity index (χ0v) is 14.6. The number of nitrogens with one attached hydrogen (secondary N) is 1. The maximum absolute atomic E-state index is 4.70. The molecule has 1 aromatic rings. The van der Waals surface area contributed by atoms with Crippen LogP contribution in [0.3, 0.4) is 0 Å². The average Bonchev–Trinajstić information content (AvgIpc) is 2.66. The lowest BCUT2D eigenvalue weighted by atomic mass is 10.1. The first-order chi connectivity index (χ1) is 9.56. The molecule has 20 heavy (non-hydrogen) atoms. The summed E-state index contributed by atoms with van der Waals surface area (Å²) in [5.74, 6) is 3.17. The molecule has 0 saturated carbocycles. The molecule has 0 aromatic carbocycles. The number of aromatic nitrogens is 2. The van der Waals surface area contributed by atoms with E-state index in [4.69, 9.17) is 5.10 Å². The second-order valence-corrected chi connectivity index (χ2v) is 7.16. The number of nitrogens with zero attached hydrogens (tertiary/aromatic N) is 2. The van der Waals surface area contributed by atoms with Crippen molar-refractivity contribution in [3.05, 3.63) is 17.0 Å². The van der Waals surface area contributed by atoms with Gasteiger partial charge in [-0.1, -0.05) is 20.8 Å². The van der Waals surface area contributed by atoms with Gasteiger partial charge in [0.15, 0.2) is 0 Å². The van der Waals surface area contributed by atoms with E-state index >= 15 is 0 Å². The van der Waals surface area contributed by atoms with E-state index in [1.54, 1.807) is 0 Å². The first-order valence-corrected chi connectivity index (χ1v) is 9.03. The smallest absolute Gasteiger partial charge is 0.0628 e. The van der Waals surface area contributed by atoms with Crippen LogP contribution in [0.2, 0.25) is 0 Å². The maximum Gasteiger partial charge on any atom is 0.0628 e. The van der Waals surface area contributed by atoms with Gasteiger partial charge < -0.3 is 5.32 Å². The third-order valence-electron chi connectivity index (χ3n) is 3.50. The van der Waals surface area contributed by atoms with Gasteiger partial charge in [-0.05, 0) is 62.8 Å². The maximum atomic E-state index is 4.70. The summed E-state index contributed by atoms with van der Waals surface area (Å²) in [5.41, 5.74) is 4.00. The lowest BCUT2D eigenvalue weighted by Crippen LogP contribution is -2.22. The lowest BCUT2D eigenvalue weighted by Gasteiger charge is -2.08. The Hall–Kier alpha value is -0.480. The summed E-state index contributed by atoms with van der Waals surface area (Å²) in [4.78, 5) is 0. The fraction of sp³-hybridized carbons (Fsp3) is 0.812. The first-order valence-electron chi connectivity index (χ1n) is 7.87. The van der Waals surface area contributed by atoms with Crippen LogP contribution < -0.4 is 5.32 Å². The van der Waals surface area contributed by atoms with Gasteiger partial charge in [0, 0.05) is 12.2 Å². The molecule has 1 N–H and O–H groups in total.